The SMILES string of the molecule is CNCC(NC(C)=O)C(=O)OC. The summed E-state index contributed by atoms with van der Waals surface area (Å²) in [5, 5.41) is 5.23. The molecule has 0 radical (unpaired) electrons. The number of amides is 1. The molecule has 0 saturated carbocycles. The fraction of sp³-hybridized carbons (Fsp3) is 0.714. The number of carbonyl (C=O) groups is 2. The lowest BCUT2D eigenvalue weighted by Gasteiger charge is -2.14. The van der Waals surface area contributed by atoms with Crippen molar-refractivity contribution in [1.82, 2.24) is 10.6 Å². The summed E-state index contributed by atoms with van der Waals surface area (Å²) in [7, 11) is 2.98. The highest BCUT2D eigenvalue weighted by Gasteiger charge is 2.18. The third kappa shape index (κ3) is 3.92. The fourth-order valence-electron chi connectivity index (χ4n) is 0.785. The number of hydrogen-bond acceptors (Lipinski definition) is 4. The molecule has 2 N–H and O–H groups in total. The topological polar surface area (TPSA) is 67.4 Å². The van der Waals surface area contributed by atoms with Gasteiger partial charge < -0.3 is 15.4 Å². The molecular formula is C7H14N2O3. The van der Waals surface area contributed by atoms with Gasteiger partial charge in [0.1, 0.15) is 6.04 Å². The Hall–Kier alpha value is -1.10. The van der Waals surface area contributed by atoms with Gasteiger partial charge in [0.05, 0.1) is 7.11 Å². The second kappa shape index (κ2) is 5.54. The lowest BCUT2D eigenvalue weighted by Crippen LogP contribution is -2.46. The van der Waals surface area contributed by atoms with Crippen LogP contribution in [0.2, 0.25) is 0 Å². The van der Waals surface area contributed by atoms with Gasteiger partial charge in [-0.15, -0.1) is 0 Å². The molecule has 1 atom stereocenters. The van der Waals surface area contributed by atoms with Gasteiger partial charge in [-0.2, -0.15) is 0 Å². The number of likely N-dealkylation sites (N-methyl/N-ethyl adjacent to an activating group) is 1. The first-order valence-electron chi connectivity index (χ1n) is 3.61. The van der Waals surface area contributed by atoms with Gasteiger partial charge in [0, 0.05) is 13.5 Å². The molecule has 5 heteroatoms. The van der Waals surface area contributed by atoms with Crippen LogP contribution in [0.3, 0.4) is 0 Å². The Morgan fingerprint density at radius 3 is 2.42 bits per heavy atom. The Labute approximate surface area is 71.5 Å². The maximum atomic E-state index is 11.0. The van der Waals surface area contributed by atoms with Crippen LogP contribution in [0.1, 0.15) is 6.92 Å². The molecule has 0 fully saturated rings. The second-order valence-corrected chi connectivity index (χ2v) is 2.33. The third-order valence-electron chi connectivity index (χ3n) is 1.27. The minimum atomic E-state index is -0.600. The lowest BCUT2D eigenvalue weighted by atomic mass is 10.3. The Morgan fingerprint density at radius 1 is 1.50 bits per heavy atom. The van der Waals surface area contributed by atoms with Crippen molar-refractivity contribution in [2.45, 2.75) is 13.0 Å². The maximum Gasteiger partial charge on any atom is 0.329 e. The number of ether oxygens (including phenoxy) is 1. The molecule has 1 amide bonds. The first-order chi connectivity index (χ1) is 5.61. The van der Waals surface area contributed by atoms with E-state index in [-0.39, 0.29) is 5.91 Å². The Bertz CT molecular complexity index is 170. The summed E-state index contributed by atoms with van der Waals surface area (Å²) >= 11 is 0. The molecule has 70 valence electrons. The largest absolute Gasteiger partial charge is 0.467 e. The van der Waals surface area contributed by atoms with Crippen LogP contribution >= 0.6 is 0 Å². The van der Waals surface area contributed by atoms with Gasteiger partial charge >= 0.3 is 5.97 Å². The summed E-state index contributed by atoms with van der Waals surface area (Å²) in [5.41, 5.74) is 0. The molecule has 0 spiro atoms. The van der Waals surface area contributed by atoms with Crippen LogP contribution in [0, 0.1) is 0 Å². The number of nitrogens with one attached hydrogen (secondary N) is 2. The molecule has 0 aromatic carbocycles. The zero-order valence-electron chi connectivity index (χ0n) is 7.51. The smallest absolute Gasteiger partial charge is 0.329 e. The van der Waals surface area contributed by atoms with E-state index in [2.05, 4.69) is 15.4 Å². The molecule has 0 rings (SSSR count). The van der Waals surface area contributed by atoms with Crippen LogP contribution in [-0.2, 0) is 14.3 Å². The predicted octanol–water partition coefficient (Wildman–Crippen LogP) is -1.12. The highest BCUT2D eigenvalue weighted by molar-refractivity contribution is 5.83. The van der Waals surface area contributed by atoms with Crippen LogP contribution in [0.4, 0.5) is 0 Å². The molecule has 1 unspecified atom stereocenters. The normalized spacial score (nSPS) is 11.9. The van der Waals surface area contributed by atoms with E-state index in [1.165, 1.54) is 14.0 Å². The fourth-order valence-corrected chi connectivity index (χ4v) is 0.785. The number of rotatable bonds is 4. The van der Waals surface area contributed by atoms with Gasteiger partial charge in [0.2, 0.25) is 5.91 Å². The summed E-state index contributed by atoms with van der Waals surface area (Å²) in [5.74, 6) is -0.694. The maximum absolute atomic E-state index is 11.0. The number of carbonyl (C=O) groups excluding carboxylic acids is 2. The summed E-state index contributed by atoms with van der Waals surface area (Å²) in [6.45, 7) is 1.72. The van der Waals surface area contributed by atoms with Gasteiger partial charge in [-0.3, -0.25) is 4.79 Å². The number of methoxy groups -OCH3 is 1. The van der Waals surface area contributed by atoms with Gasteiger partial charge in [0.15, 0.2) is 0 Å². The highest BCUT2D eigenvalue weighted by Crippen LogP contribution is 1.85. The molecule has 0 aromatic heterocycles. The monoisotopic (exact) mass is 174 g/mol. The summed E-state index contributed by atoms with van der Waals surface area (Å²) < 4.78 is 4.47. The van der Waals surface area contributed by atoms with Crippen molar-refractivity contribution in [1.29, 1.82) is 0 Å². The quantitative estimate of drug-likeness (QED) is 0.530. The minimum Gasteiger partial charge on any atom is -0.467 e. The van der Waals surface area contributed by atoms with Gasteiger partial charge in [-0.25, -0.2) is 4.79 Å². The van der Waals surface area contributed by atoms with Gasteiger partial charge in [-0.05, 0) is 7.05 Å². The Morgan fingerprint density at radius 2 is 2.08 bits per heavy atom. The van der Waals surface area contributed by atoms with E-state index in [0.717, 1.165) is 0 Å². The van der Waals surface area contributed by atoms with E-state index < -0.39 is 12.0 Å². The molecule has 0 aliphatic rings. The van der Waals surface area contributed by atoms with E-state index in [0.29, 0.717) is 6.54 Å². The Kier molecular flexibility index (Phi) is 5.03. The molecule has 0 heterocycles. The molecule has 12 heavy (non-hydrogen) atoms. The highest BCUT2D eigenvalue weighted by atomic mass is 16.5. The van der Waals surface area contributed by atoms with Crippen LogP contribution in [-0.4, -0.2) is 38.6 Å². The average molecular weight is 174 g/mol. The first-order valence-corrected chi connectivity index (χ1v) is 3.61. The van der Waals surface area contributed by atoms with Crippen molar-refractivity contribution in [2.24, 2.45) is 0 Å². The van der Waals surface area contributed by atoms with E-state index in [1.807, 2.05) is 0 Å². The zero-order valence-corrected chi connectivity index (χ0v) is 7.51. The van der Waals surface area contributed by atoms with Crippen LogP contribution in [0.5, 0.6) is 0 Å². The standard InChI is InChI=1S/C7H14N2O3/c1-5(10)9-6(4-8-2)7(11)12-3/h6,8H,4H2,1-3H3,(H,9,10). The minimum absolute atomic E-state index is 0.249. The summed E-state index contributed by atoms with van der Waals surface area (Å²) in [6, 6.07) is -0.600. The second-order valence-electron chi connectivity index (χ2n) is 2.33. The zero-order chi connectivity index (χ0) is 9.56. The Balaban J connectivity index is 4.02. The molecular weight excluding hydrogens is 160 g/mol. The van der Waals surface area contributed by atoms with Crippen molar-refractivity contribution in [3.05, 3.63) is 0 Å². The molecule has 0 aliphatic heterocycles. The van der Waals surface area contributed by atoms with E-state index in [9.17, 15) is 9.59 Å². The molecule has 5 nitrogen and oxygen atoms in total. The van der Waals surface area contributed by atoms with Crippen molar-refractivity contribution in [2.75, 3.05) is 20.7 Å². The average Bonchev–Trinajstić information content (AvgIpc) is 2.01. The van der Waals surface area contributed by atoms with Crippen molar-refractivity contribution >= 4 is 11.9 Å². The van der Waals surface area contributed by atoms with E-state index in [4.69, 9.17) is 0 Å². The lowest BCUT2D eigenvalue weighted by molar-refractivity contribution is -0.144. The molecule has 0 saturated heterocycles. The number of esters is 1. The van der Waals surface area contributed by atoms with Crippen LogP contribution < -0.4 is 10.6 Å². The van der Waals surface area contributed by atoms with E-state index in [1.54, 1.807) is 7.05 Å². The van der Waals surface area contributed by atoms with Crippen molar-refractivity contribution in [3.8, 4) is 0 Å². The number of hydrogen-bond donors (Lipinski definition) is 2. The van der Waals surface area contributed by atoms with Crippen molar-refractivity contribution in [3.63, 3.8) is 0 Å². The van der Waals surface area contributed by atoms with Gasteiger partial charge in [-0.1, -0.05) is 0 Å². The van der Waals surface area contributed by atoms with Gasteiger partial charge in [0.25, 0.3) is 0 Å². The molecule has 0 aromatic rings. The van der Waals surface area contributed by atoms with E-state index >= 15 is 0 Å². The first kappa shape index (κ1) is 10.9. The predicted molar refractivity (Wildman–Crippen MR) is 43.5 cm³/mol. The van der Waals surface area contributed by atoms with Crippen LogP contribution in [0.15, 0.2) is 0 Å². The third-order valence-corrected chi connectivity index (χ3v) is 1.27. The molecule has 0 aliphatic carbocycles. The summed E-state index contributed by atoms with van der Waals surface area (Å²) in [6.07, 6.45) is 0. The van der Waals surface area contributed by atoms with Crippen LogP contribution in [0.25, 0.3) is 0 Å². The van der Waals surface area contributed by atoms with Crippen molar-refractivity contribution < 1.29 is 14.3 Å². The molecule has 0 bridgehead atoms. The summed E-state index contributed by atoms with van der Waals surface area (Å²) in [4.78, 5) is 21.6.